The normalized spacial score (nSPS) is 13.3. The first-order valence-electron chi connectivity index (χ1n) is 5.89. The largest absolute Gasteiger partial charge is 0.392 e. The Morgan fingerprint density at radius 2 is 2.15 bits per heavy atom. The number of aliphatic hydroxyl groups is 1. The van der Waals surface area contributed by atoms with Crippen LogP contribution < -0.4 is 4.72 Å². The Kier molecular flexibility index (Phi) is 4.54. The van der Waals surface area contributed by atoms with Crippen LogP contribution in [-0.4, -0.2) is 13.5 Å². The number of sulfonamides is 1. The van der Waals surface area contributed by atoms with Crippen LogP contribution in [0.3, 0.4) is 0 Å². The fourth-order valence-electron chi connectivity index (χ4n) is 1.80. The number of nitrogens with one attached hydrogen (secondary N) is 1. The van der Waals surface area contributed by atoms with Crippen molar-refractivity contribution in [2.24, 2.45) is 0 Å². The fraction of sp³-hybridized carbons (Fsp3) is 0.231. The van der Waals surface area contributed by atoms with Crippen LogP contribution in [0.4, 0.5) is 4.39 Å². The summed E-state index contributed by atoms with van der Waals surface area (Å²) in [6.07, 6.45) is 0. The summed E-state index contributed by atoms with van der Waals surface area (Å²) < 4.78 is 40.3. The molecule has 2 N–H and O–H groups in total. The molecule has 0 amide bonds. The quantitative estimate of drug-likeness (QED) is 0.890. The number of aliphatic hydroxyl groups excluding tert-OH is 1. The highest BCUT2D eigenvalue weighted by atomic mass is 32.2. The van der Waals surface area contributed by atoms with Crippen LogP contribution in [-0.2, 0) is 16.6 Å². The molecule has 4 nitrogen and oxygen atoms in total. The molecule has 0 aliphatic carbocycles. The van der Waals surface area contributed by atoms with Crippen LogP contribution in [0.1, 0.15) is 23.4 Å². The van der Waals surface area contributed by atoms with Crippen molar-refractivity contribution in [2.45, 2.75) is 24.5 Å². The summed E-state index contributed by atoms with van der Waals surface area (Å²) in [5, 5.41) is 11.0. The van der Waals surface area contributed by atoms with Gasteiger partial charge in [-0.15, -0.1) is 11.3 Å². The molecule has 2 aromatic rings. The number of benzene rings is 1. The van der Waals surface area contributed by atoms with Crippen LogP contribution >= 0.6 is 11.3 Å². The van der Waals surface area contributed by atoms with Gasteiger partial charge in [-0.3, -0.25) is 0 Å². The number of halogens is 1. The molecule has 1 aromatic carbocycles. The smallest absolute Gasteiger partial charge is 0.241 e. The third kappa shape index (κ3) is 3.24. The van der Waals surface area contributed by atoms with Gasteiger partial charge < -0.3 is 5.11 Å². The molecule has 0 radical (unpaired) electrons. The Morgan fingerprint density at radius 1 is 1.40 bits per heavy atom. The lowest BCUT2D eigenvalue weighted by Crippen LogP contribution is -2.27. The molecule has 0 saturated carbocycles. The van der Waals surface area contributed by atoms with Gasteiger partial charge in [-0.05, 0) is 36.1 Å². The molecule has 108 valence electrons. The molecule has 0 aliphatic rings. The summed E-state index contributed by atoms with van der Waals surface area (Å²) in [6.45, 7) is 1.24. The van der Waals surface area contributed by atoms with Gasteiger partial charge in [0.25, 0.3) is 0 Å². The monoisotopic (exact) mass is 315 g/mol. The zero-order valence-corrected chi connectivity index (χ0v) is 12.3. The van der Waals surface area contributed by atoms with Gasteiger partial charge in [0, 0.05) is 4.88 Å². The second-order valence-electron chi connectivity index (χ2n) is 4.27. The van der Waals surface area contributed by atoms with Gasteiger partial charge in [0.1, 0.15) is 5.82 Å². The van der Waals surface area contributed by atoms with Crippen molar-refractivity contribution in [2.75, 3.05) is 0 Å². The molecule has 0 aliphatic heterocycles. The average molecular weight is 315 g/mol. The van der Waals surface area contributed by atoms with E-state index in [-0.39, 0.29) is 10.5 Å². The van der Waals surface area contributed by atoms with Crippen LogP contribution in [0.25, 0.3) is 0 Å². The molecule has 7 heteroatoms. The van der Waals surface area contributed by atoms with E-state index in [1.807, 2.05) is 17.5 Å². The van der Waals surface area contributed by atoms with E-state index >= 15 is 0 Å². The highest BCUT2D eigenvalue weighted by molar-refractivity contribution is 7.89. The number of hydrogen-bond acceptors (Lipinski definition) is 4. The van der Waals surface area contributed by atoms with Gasteiger partial charge >= 0.3 is 0 Å². The molecular weight excluding hydrogens is 301 g/mol. The standard InChI is InChI=1S/C13H14FNO3S2/c1-9(12-3-2-6-19-12)15-20(17,18)13-7-11(14)5-4-10(13)8-16/h2-7,9,15-16H,8H2,1H3. The minimum absolute atomic E-state index is 0.164. The van der Waals surface area contributed by atoms with Crippen LogP contribution in [0.15, 0.2) is 40.6 Å². The highest BCUT2D eigenvalue weighted by Gasteiger charge is 2.22. The fourth-order valence-corrected chi connectivity index (χ4v) is 4.08. The lowest BCUT2D eigenvalue weighted by atomic mass is 10.2. The zero-order valence-electron chi connectivity index (χ0n) is 10.7. The maximum absolute atomic E-state index is 13.3. The van der Waals surface area contributed by atoms with Gasteiger partial charge in [0.2, 0.25) is 10.0 Å². The van der Waals surface area contributed by atoms with Crippen LogP contribution in [0, 0.1) is 5.82 Å². The van der Waals surface area contributed by atoms with E-state index in [1.54, 1.807) is 6.92 Å². The molecule has 1 unspecified atom stereocenters. The topological polar surface area (TPSA) is 66.4 Å². The number of rotatable bonds is 5. The van der Waals surface area contributed by atoms with Crippen molar-refractivity contribution in [3.05, 3.63) is 52.0 Å². The maximum atomic E-state index is 13.3. The van der Waals surface area contributed by atoms with Crippen LogP contribution in [0.5, 0.6) is 0 Å². The summed E-state index contributed by atoms with van der Waals surface area (Å²) >= 11 is 1.43. The lowest BCUT2D eigenvalue weighted by Gasteiger charge is -2.14. The average Bonchev–Trinajstić information content (AvgIpc) is 2.92. The van der Waals surface area contributed by atoms with Gasteiger partial charge in [-0.1, -0.05) is 12.1 Å². The molecule has 0 spiro atoms. The van der Waals surface area contributed by atoms with E-state index in [0.29, 0.717) is 0 Å². The first kappa shape index (κ1) is 15.1. The summed E-state index contributed by atoms with van der Waals surface area (Å²) in [4.78, 5) is 0.624. The summed E-state index contributed by atoms with van der Waals surface area (Å²) in [6, 6.07) is 6.51. The van der Waals surface area contributed by atoms with Crippen molar-refractivity contribution >= 4 is 21.4 Å². The van der Waals surface area contributed by atoms with E-state index < -0.39 is 28.5 Å². The predicted octanol–water partition coefficient (Wildman–Crippen LogP) is 2.42. The maximum Gasteiger partial charge on any atom is 0.241 e. The summed E-state index contributed by atoms with van der Waals surface area (Å²) in [7, 11) is -3.89. The van der Waals surface area contributed by atoms with Crippen molar-refractivity contribution < 1.29 is 17.9 Å². The third-order valence-corrected chi connectivity index (χ3v) is 5.47. The van der Waals surface area contributed by atoms with Gasteiger partial charge in [-0.25, -0.2) is 17.5 Å². The number of thiophene rings is 1. The van der Waals surface area contributed by atoms with Crippen molar-refractivity contribution in [3.63, 3.8) is 0 Å². The molecule has 0 fully saturated rings. The van der Waals surface area contributed by atoms with E-state index in [9.17, 15) is 17.9 Å². The van der Waals surface area contributed by atoms with Crippen molar-refractivity contribution in [1.82, 2.24) is 4.72 Å². The summed E-state index contributed by atoms with van der Waals surface area (Å²) in [5.74, 6) is -0.661. The van der Waals surface area contributed by atoms with Gasteiger partial charge in [0.15, 0.2) is 0 Å². The lowest BCUT2D eigenvalue weighted by molar-refractivity contribution is 0.278. The Morgan fingerprint density at radius 3 is 2.75 bits per heavy atom. The molecule has 0 saturated heterocycles. The Hall–Kier alpha value is -1.28. The second-order valence-corrected chi connectivity index (χ2v) is 6.93. The summed E-state index contributed by atoms with van der Waals surface area (Å²) in [5.41, 5.74) is 0.164. The second kappa shape index (κ2) is 6.01. The number of hydrogen-bond donors (Lipinski definition) is 2. The molecule has 1 heterocycles. The minimum atomic E-state index is -3.89. The Labute approximate surface area is 120 Å². The molecule has 20 heavy (non-hydrogen) atoms. The first-order chi connectivity index (χ1) is 9.44. The molecular formula is C13H14FNO3S2. The third-order valence-electron chi connectivity index (χ3n) is 2.79. The van der Waals surface area contributed by atoms with E-state index in [1.165, 1.54) is 17.4 Å². The van der Waals surface area contributed by atoms with Crippen molar-refractivity contribution in [1.29, 1.82) is 0 Å². The molecule has 0 bridgehead atoms. The van der Waals surface area contributed by atoms with Crippen LogP contribution in [0.2, 0.25) is 0 Å². The van der Waals surface area contributed by atoms with Gasteiger partial charge in [-0.2, -0.15) is 0 Å². The molecule has 1 aromatic heterocycles. The zero-order chi connectivity index (χ0) is 14.8. The minimum Gasteiger partial charge on any atom is -0.392 e. The van der Waals surface area contributed by atoms with E-state index in [0.717, 1.165) is 17.0 Å². The molecule has 1 atom stereocenters. The Balaban J connectivity index is 2.33. The molecule has 2 rings (SSSR count). The van der Waals surface area contributed by atoms with E-state index in [4.69, 9.17) is 0 Å². The van der Waals surface area contributed by atoms with Gasteiger partial charge in [0.05, 0.1) is 17.5 Å². The Bertz CT molecular complexity index is 684. The highest BCUT2D eigenvalue weighted by Crippen LogP contribution is 2.23. The SMILES string of the molecule is CC(NS(=O)(=O)c1cc(F)ccc1CO)c1cccs1. The first-order valence-corrected chi connectivity index (χ1v) is 8.25. The predicted molar refractivity (Wildman–Crippen MR) is 75.4 cm³/mol. The van der Waals surface area contributed by atoms with E-state index in [2.05, 4.69) is 4.72 Å². The van der Waals surface area contributed by atoms with Crippen molar-refractivity contribution in [3.8, 4) is 0 Å².